The number of carboxylic acids is 1. The highest BCUT2D eigenvalue weighted by atomic mass is 16.4. The predicted molar refractivity (Wildman–Crippen MR) is 103 cm³/mol. The van der Waals surface area contributed by atoms with Gasteiger partial charge in [-0.3, -0.25) is 9.59 Å². The molecule has 27 heavy (non-hydrogen) atoms. The summed E-state index contributed by atoms with van der Waals surface area (Å²) in [5.74, 6) is -1.88. The first-order valence-corrected chi connectivity index (χ1v) is 8.71. The monoisotopic (exact) mass is 368 g/mol. The van der Waals surface area contributed by atoms with Crippen molar-refractivity contribution in [3.63, 3.8) is 0 Å². The van der Waals surface area contributed by atoms with Crippen molar-refractivity contribution in [1.29, 1.82) is 0 Å². The van der Waals surface area contributed by atoms with Gasteiger partial charge in [0.2, 0.25) is 0 Å². The molecule has 2 rings (SSSR count). The van der Waals surface area contributed by atoms with Crippen molar-refractivity contribution in [3.8, 4) is 0 Å². The van der Waals surface area contributed by atoms with Crippen LogP contribution in [0.25, 0.3) is 0 Å². The standard InChI is InChI=1S/C21H24N2O4/c1-12(2)22-19(24)15-8-10-16(11-9-15)20(25)23-18(21(26)27)17-7-5-6-13(3)14(17)4/h5-12,18H,1-4H3,(H,22,24)(H,23,25)(H,26,27). The number of hydrogen-bond donors (Lipinski definition) is 3. The molecule has 0 spiro atoms. The van der Waals surface area contributed by atoms with E-state index in [0.29, 0.717) is 11.1 Å². The molecule has 6 heteroatoms. The van der Waals surface area contributed by atoms with Gasteiger partial charge in [0.05, 0.1) is 0 Å². The van der Waals surface area contributed by atoms with Gasteiger partial charge in [0.25, 0.3) is 11.8 Å². The fourth-order valence-electron chi connectivity index (χ4n) is 2.69. The topological polar surface area (TPSA) is 95.5 Å². The highest BCUT2D eigenvalue weighted by molar-refractivity contribution is 5.99. The minimum atomic E-state index is -1.15. The fourth-order valence-corrected chi connectivity index (χ4v) is 2.69. The van der Waals surface area contributed by atoms with Gasteiger partial charge in [0, 0.05) is 17.2 Å². The normalized spacial score (nSPS) is 11.7. The van der Waals surface area contributed by atoms with Gasteiger partial charge in [-0.15, -0.1) is 0 Å². The minimum absolute atomic E-state index is 0.00867. The van der Waals surface area contributed by atoms with Crippen LogP contribution in [0.1, 0.15) is 57.3 Å². The zero-order valence-corrected chi connectivity index (χ0v) is 15.9. The van der Waals surface area contributed by atoms with E-state index in [1.165, 1.54) is 12.1 Å². The smallest absolute Gasteiger partial charge is 0.330 e. The number of amides is 2. The molecule has 3 N–H and O–H groups in total. The second-order valence-corrected chi connectivity index (χ2v) is 6.74. The first-order chi connectivity index (χ1) is 12.7. The van der Waals surface area contributed by atoms with Crippen LogP contribution >= 0.6 is 0 Å². The van der Waals surface area contributed by atoms with Gasteiger partial charge in [-0.25, -0.2) is 4.79 Å². The lowest BCUT2D eigenvalue weighted by Gasteiger charge is -2.18. The Morgan fingerprint density at radius 2 is 1.37 bits per heavy atom. The van der Waals surface area contributed by atoms with Crippen molar-refractivity contribution in [2.45, 2.75) is 39.8 Å². The molecule has 1 unspecified atom stereocenters. The molecule has 2 amide bonds. The largest absolute Gasteiger partial charge is 0.479 e. The number of carbonyl (C=O) groups is 3. The molecule has 0 aliphatic rings. The predicted octanol–water partition coefficient (Wildman–Crippen LogP) is 3.00. The first kappa shape index (κ1) is 20.2. The van der Waals surface area contributed by atoms with E-state index in [1.807, 2.05) is 33.8 Å². The van der Waals surface area contributed by atoms with E-state index in [0.717, 1.165) is 11.1 Å². The summed E-state index contributed by atoms with van der Waals surface area (Å²) >= 11 is 0. The van der Waals surface area contributed by atoms with Gasteiger partial charge in [0.15, 0.2) is 6.04 Å². The van der Waals surface area contributed by atoms with Crippen molar-refractivity contribution in [2.24, 2.45) is 0 Å². The Morgan fingerprint density at radius 1 is 0.852 bits per heavy atom. The molecule has 0 saturated carbocycles. The molecule has 0 radical (unpaired) electrons. The molecule has 0 heterocycles. The van der Waals surface area contributed by atoms with Crippen molar-refractivity contribution in [1.82, 2.24) is 10.6 Å². The molecule has 0 bridgehead atoms. The Bertz CT molecular complexity index is 857. The summed E-state index contributed by atoms with van der Waals surface area (Å²) in [6.45, 7) is 7.44. The summed E-state index contributed by atoms with van der Waals surface area (Å²) in [5, 5.41) is 14.9. The van der Waals surface area contributed by atoms with Crippen LogP contribution < -0.4 is 10.6 Å². The molecular formula is C21H24N2O4. The summed E-state index contributed by atoms with van der Waals surface area (Å²) in [7, 11) is 0. The van der Waals surface area contributed by atoms with Crippen molar-refractivity contribution in [3.05, 3.63) is 70.3 Å². The van der Waals surface area contributed by atoms with E-state index in [4.69, 9.17) is 0 Å². The Balaban J connectivity index is 2.20. The third-order valence-corrected chi connectivity index (χ3v) is 4.31. The molecule has 0 aliphatic heterocycles. The molecule has 0 aromatic heterocycles. The van der Waals surface area contributed by atoms with Crippen molar-refractivity contribution >= 4 is 17.8 Å². The lowest BCUT2D eigenvalue weighted by atomic mass is 9.97. The summed E-state index contributed by atoms with van der Waals surface area (Å²) in [6.07, 6.45) is 0. The average molecular weight is 368 g/mol. The lowest BCUT2D eigenvalue weighted by Crippen LogP contribution is -2.34. The van der Waals surface area contributed by atoms with Crippen LogP contribution in [0, 0.1) is 13.8 Å². The van der Waals surface area contributed by atoms with Gasteiger partial charge in [-0.05, 0) is 68.7 Å². The van der Waals surface area contributed by atoms with Gasteiger partial charge >= 0.3 is 5.97 Å². The minimum Gasteiger partial charge on any atom is -0.479 e. The lowest BCUT2D eigenvalue weighted by molar-refractivity contribution is -0.139. The van der Waals surface area contributed by atoms with Crippen LogP contribution in [0.2, 0.25) is 0 Å². The molecule has 2 aromatic rings. The quantitative estimate of drug-likeness (QED) is 0.730. The number of hydrogen-bond acceptors (Lipinski definition) is 3. The van der Waals surface area contributed by atoms with Gasteiger partial charge in [-0.2, -0.15) is 0 Å². The zero-order valence-electron chi connectivity index (χ0n) is 15.9. The number of rotatable bonds is 6. The number of benzene rings is 2. The highest BCUT2D eigenvalue weighted by Gasteiger charge is 2.24. The third-order valence-electron chi connectivity index (χ3n) is 4.31. The van der Waals surface area contributed by atoms with E-state index in [9.17, 15) is 19.5 Å². The molecule has 2 aromatic carbocycles. The van der Waals surface area contributed by atoms with E-state index in [-0.39, 0.29) is 17.5 Å². The number of carboxylic acid groups (broad SMARTS) is 1. The SMILES string of the molecule is Cc1cccc(C(NC(=O)c2ccc(C(=O)NC(C)C)cc2)C(=O)O)c1C. The van der Waals surface area contributed by atoms with Crippen LogP contribution in [0.4, 0.5) is 0 Å². The molecule has 0 saturated heterocycles. The third kappa shape index (κ3) is 4.94. The van der Waals surface area contributed by atoms with Crippen molar-refractivity contribution in [2.75, 3.05) is 0 Å². The van der Waals surface area contributed by atoms with E-state index in [2.05, 4.69) is 10.6 Å². The first-order valence-electron chi connectivity index (χ1n) is 8.71. The van der Waals surface area contributed by atoms with Crippen LogP contribution in [0.15, 0.2) is 42.5 Å². The zero-order chi connectivity index (χ0) is 20.1. The second-order valence-electron chi connectivity index (χ2n) is 6.74. The molecule has 1 atom stereocenters. The van der Waals surface area contributed by atoms with E-state index >= 15 is 0 Å². The van der Waals surface area contributed by atoms with Crippen LogP contribution in [0.3, 0.4) is 0 Å². The maximum atomic E-state index is 12.5. The van der Waals surface area contributed by atoms with Crippen LogP contribution in [-0.2, 0) is 4.79 Å². The van der Waals surface area contributed by atoms with Gasteiger partial charge < -0.3 is 15.7 Å². The number of carbonyl (C=O) groups excluding carboxylic acids is 2. The Hall–Kier alpha value is -3.15. The molecule has 0 fully saturated rings. The van der Waals surface area contributed by atoms with Gasteiger partial charge in [0.1, 0.15) is 0 Å². The molecular weight excluding hydrogens is 344 g/mol. The Kier molecular flexibility index (Phi) is 6.34. The summed E-state index contributed by atoms with van der Waals surface area (Å²) < 4.78 is 0. The summed E-state index contributed by atoms with van der Waals surface area (Å²) in [4.78, 5) is 36.2. The number of aryl methyl sites for hydroxylation is 1. The maximum Gasteiger partial charge on any atom is 0.330 e. The fraction of sp³-hybridized carbons (Fsp3) is 0.286. The van der Waals surface area contributed by atoms with Crippen molar-refractivity contribution < 1.29 is 19.5 Å². The number of nitrogens with one attached hydrogen (secondary N) is 2. The second kappa shape index (κ2) is 8.49. The van der Waals surface area contributed by atoms with Crippen LogP contribution in [-0.4, -0.2) is 28.9 Å². The molecule has 6 nitrogen and oxygen atoms in total. The van der Waals surface area contributed by atoms with Gasteiger partial charge in [-0.1, -0.05) is 18.2 Å². The molecule has 0 aliphatic carbocycles. The van der Waals surface area contributed by atoms with Crippen LogP contribution in [0.5, 0.6) is 0 Å². The average Bonchev–Trinajstić information content (AvgIpc) is 2.61. The number of aliphatic carboxylic acids is 1. The Labute approximate surface area is 158 Å². The van der Waals surface area contributed by atoms with E-state index in [1.54, 1.807) is 24.3 Å². The summed E-state index contributed by atoms with van der Waals surface area (Å²) in [5.41, 5.74) is 3.04. The Morgan fingerprint density at radius 3 is 1.85 bits per heavy atom. The maximum absolute atomic E-state index is 12.5. The highest BCUT2D eigenvalue weighted by Crippen LogP contribution is 2.21. The molecule has 142 valence electrons. The van der Waals surface area contributed by atoms with E-state index < -0.39 is 17.9 Å². The summed E-state index contributed by atoms with van der Waals surface area (Å²) in [6, 6.07) is 10.3.